The first kappa shape index (κ1) is 9.67. The first-order valence-electron chi connectivity index (χ1n) is 4.63. The third kappa shape index (κ3) is 1.44. The number of nitrogens with one attached hydrogen (secondary N) is 1. The van der Waals surface area contributed by atoms with E-state index >= 15 is 0 Å². The molecule has 6 heteroatoms. The van der Waals surface area contributed by atoms with Gasteiger partial charge in [-0.1, -0.05) is 0 Å². The molecule has 1 aromatic heterocycles. The van der Waals surface area contributed by atoms with E-state index in [1.165, 1.54) is 16.6 Å². The molecule has 1 unspecified atom stereocenters. The molecule has 0 saturated carbocycles. The van der Waals surface area contributed by atoms with E-state index in [0.29, 0.717) is 6.54 Å². The van der Waals surface area contributed by atoms with E-state index in [9.17, 15) is 8.42 Å². The van der Waals surface area contributed by atoms with Crippen LogP contribution in [0.4, 0.5) is 0 Å². The third-order valence-electron chi connectivity index (χ3n) is 2.55. The number of aromatic amines is 1. The summed E-state index contributed by atoms with van der Waals surface area (Å²) in [5.41, 5.74) is 0. The van der Waals surface area contributed by atoms with Crippen molar-refractivity contribution in [2.75, 3.05) is 6.54 Å². The molecule has 0 amide bonds. The first-order valence-corrected chi connectivity index (χ1v) is 6.07. The Balaban J connectivity index is 2.33. The van der Waals surface area contributed by atoms with E-state index in [4.69, 9.17) is 0 Å². The van der Waals surface area contributed by atoms with Crippen molar-refractivity contribution in [3.05, 3.63) is 12.3 Å². The maximum absolute atomic E-state index is 12.0. The fourth-order valence-electron chi connectivity index (χ4n) is 1.78. The summed E-state index contributed by atoms with van der Waals surface area (Å²) in [6.45, 7) is 2.55. The van der Waals surface area contributed by atoms with Crippen molar-refractivity contribution in [1.82, 2.24) is 14.5 Å². The lowest BCUT2D eigenvalue weighted by Crippen LogP contribution is -2.33. The van der Waals surface area contributed by atoms with Gasteiger partial charge in [-0.2, -0.15) is 9.40 Å². The Kier molecular flexibility index (Phi) is 2.32. The lowest BCUT2D eigenvalue weighted by atomic mass is 10.3. The molecule has 0 bridgehead atoms. The summed E-state index contributed by atoms with van der Waals surface area (Å²) >= 11 is 0. The number of sulfonamides is 1. The molecule has 2 rings (SSSR count). The van der Waals surface area contributed by atoms with Crippen LogP contribution in [-0.2, 0) is 10.0 Å². The second-order valence-electron chi connectivity index (χ2n) is 3.53. The Labute approximate surface area is 83.2 Å². The summed E-state index contributed by atoms with van der Waals surface area (Å²) in [6.07, 6.45) is 3.33. The maximum Gasteiger partial charge on any atom is 0.260 e. The van der Waals surface area contributed by atoms with Gasteiger partial charge in [-0.3, -0.25) is 5.10 Å². The molecule has 78 valence electrons. The summed E-state index contributed by atoms with van der Waals surface area (Å²) in [5.74, 6) is 0. The van der Waals surface area contributed by atoms with Gasteiger partial charge < -0.3 is 0 Å². The van der Waals surface area contributed by atoms with Crippen molar-refractivity contribution in [1.29, 1.82) is 0 Å². The van der Waals surface area contributed by atoms with Gasteiger partial charge in [0.15, 0.2) is 5.03 Å². The van der Waals surface area contributed by atoms with Crippen molar-refractivity contribution in [3.63, 3.8) is 0 Å². The molecule has 1 fully saturated rings. The van der Waals surface area contributed by atoms with Crippen LogP contribution in [0.5, 0.6) is 0 Å². The molecule has 1 atom stereocenters. The second-order valence-corrected chi connectivity index (χ2v) is 5.39. The summed E-state index contributed by atoms with van der Waals surface area (Å²) in [6, 6.07) is 1.59. The van der Waals surface area contributed by atoms with Gasteiger partial charge in [-0.05, 0) is 25.8 Å². The van der Waals surface area contributed by atoms with E-state index in [1.54, 1.807) is 0 Å². The van der Waals surface area contributed by atoms with Crippen LogP contribution in [0.15, 0.2) is 17.3 Å². The highest BCUT2D eigenvalue weighted by atomic mass is 32.2. The summed E-state index contributed by atoms with van der Waals surface area (Å²) in [7, 11) is -3.33. The van der Waals surface area contributed by atoms with Crippen molar-refractivity contribution >= 4 is 10.0 Å². The smallest absolute Gasteiger partial charge is 0.260 e. The Hall–Kier alpha value is -0.880. The zero-order chi connectivity index (χ0) is 10.2. The minimum absolute atomic E-state index is 0.100. The predicted molar refractivity (Wildman–Crippen MR) is 51.2 cm³/mol. The Morgan fingerprint density at radius 2 is 2.43 bits per heavy atom. The standard InChI is InChI=1S/C8H13N3O2S/c1-7-3-2-6-11(7)14(12,13)8-4-5-9-10-8/h4-5,7H,2-3,6H2,1H3,(H,9,10). The number of hydrogen-bond acceptors (Lipinski definition) is 3. The van der Waals surface area contributed by atoms with E-state index in [0.717, 1.165) is 12.8 Å². The number of nitrogens with zero attached hydrogens (tertiary/aromatic N) is 2. The fourth-order valence-corrected chi connectivity index (χ4v) is 3.38. The monoisotopic (exact) mass is 215 g/mol. The highest BCUT2D eigenvalue weighted by Crippen LogP contribution is 2.24. The quantitative estimate of drug-likeness (QED) is 0.785. The molecule has 1 aliphatic heterocycles. The van der Waals surface area contributed by atoms with Crippen molar-refractivity contribution in [2.24, 2.45) is 0 Å². The van der Waals surface area contributed by atoms with Crippen LogP contribution in [0, 0.1) is 0 Å². The molecule has 5 nitrogen and oxygen atoms in total. The van der Waals surface area contributed by atoms with E-state index in [-0.39, 0.29) is 11.1 Å². The molecule has 0 aliphatic carbocycles. The van der Waals surface area contributed by atoms with Gasteiger partial charge in [0, 0.05) is 12.6 Å². The van der Waals surface area contributed by atoms with Crippen LogP contribution >= 0.6 is 0 Å². The molecule has 2 heterocycles. The van der Waals surface area contributed by atoms with Crippen LogP contribution in [-0.4, -0.2) is 35.5 Å². The molecule has 0 radical (unpaired) electrons. The largest absolute Gasteiger partial charge is 0.266 e. The van der Waals surface area contributed by atoms with Gasteiger partial charge in [-0.25, -0.2) is 8.42 Å². The molecular formula is C8H13N3O2S. The lowest BCUT2D eigenvalue weighted by molar-refractivity contribution is 0.406. The molecule has 1 saturated heterocycles. The highest BCUT2D eigenvalue weighted by Gasteiger charge is 2.33. The van der Waals surface area contributed by atoms with Crippen LogP contribution in [0.1, 0.15) is 19.8 Å². The zero-order valence-corrected chi connectivity index (χ0v) is 8.79. The molecule has 1 aliphatic rings. The van der Waals surface area contributed by atoms with E-state index < -0.39 is 10.0 Å². The molecule has 0 aromatic carbocycles. The molecule has 0 spiro atoms. The zero-order valence-electron chi connectivity index (χ0n) is 7.97. The summed E-state index contributed by atoms with van der Waals surface area (Å²) in [5, 5.41) is 6.34. The van der Waals surface area contributed by atoms with Crippen molar-refractivity contribution in [2.45, 2.75) is 30.8 Å². The Bertz CT molecular complexity index is 398. The minimum atomic E-state index is -3.33. The average Bonchev–Trinajstić information content (AvgIpc) is 2.72. The van der Waals surface area contributed by atoms with E-state index in [2.05, 4.69) is 10.2 Å². The molecular weight excluding hydrogens is 202 g/mol. The van der Waals surface area contributed by atoms with Crippen LogP contribution in [0.25, 0.3) is 0 Å². The number of H-pyrrole nitrogens is 1. The number of hydrogen-bond donors (Lipinski definition) is 1. The second kappa shape index (κ2) is 3.36. The topological polar surface area (TPSA) is 66.1 Å². The maximum atomic E-state index is 12.0. The van der Waals surface area contributed by atoms with Crippen molar-refractivity contribution < 1.29 is 8.42 Å². The molecule has 14 heavy (non-hydrogen) atoms. The van der Waals surface area contributed by atoms with Gasteiger partial charge in [-0.15, -0.1) is 0 Å². The predicted octanol–water partition coefficient (Wildman–Crippen LogP) is 0.583. The van der Waals surface area contributed by atoms with Crippen LogP contribution in [0.2, 0.25) is 0 Å². The highest BCUT2D eigenvalue weighted by molar-refractivity contribution is 7.89. The third-order valence-corrected chi connectivity index (χ3v) is 4.50. The van der Waals surface area contributed by atoms with Gasteiger partial charge >= 0.3 is 0 Å². The summed E-state index contributed by atoms with van der Waals surface area (Å²) < 4.78 is 25.4. The number of aromatic nitrogens is 2. The van der Waals surface area contributed by atoms with Gasteiger partial charge in [0.2, 0.25) is 0 Å². The average molecular weight is 215 g/mol. The Morgan fingerprint density at radius 3 is 2.93 bits per heavy atom. The summed E-state index contributed by atoms with van der Waals surface area (Å²) in [4.78, 5) is 0. The van der Waals surface area contributed by atoms with E-state index in [1.807, 2.05) is 6.92 Å². The van der Waals surface area contributed by atoms with Gasteiger partial charge in [0.05, 0.1) is 6.20 Å². The van der Waals surface area contributed by atoms with Crippen LogP contribution < -0.4 is 0 Å². The molecule has 1 N–H and O–H groups in total. The van der Waals surface area contributed by atoms with Crippen LogP contribution in [0.3, 0.4) is 0 Å². The first-order chi connectivity index (χ1) is 6.62. The SMILES string of the molecule is CC1CCCN1S(=O)(=O)c1ccn[nH]1. The van der Waals surface area contributed by atoms with Gasteiger partial charge in [0.1, 0.15) is 0 Å². The lowest BCUT2D eigenvalue weighted by Gasteiger charge is -2.19. The van der Waals surface area contributed by atoms with Crippen molar-refractivity contribution in [3.8, 4) is 0 Å². The Morgan fingerprint density at radius 1 is 1.64 bits per heavy atom. The normalized spacial score (nSPS) is 24.2. The number of rotatable bonds is 2. The fraction of sp³-hybridized carbons (Fsp3) is 0.625. The minimum Gasteiger partial charge on any atom is -0.266 e. The van der Waals surface area contributed by atoms with Gasteiger partial charge in [0.25, 0.3) is 10.0 Å². The molecule has 1 aromatic rings.